The normalized spacial score (nSPS) is 27.9. The Labute approximate surface area is 119 Å². The predicted molar refractivity (Wildman–Crippen MR) is 81.1 cm³/mol. The third-order valence-corrected chi connectivity index (χ3v) is 4.46. The van der Waals surface area contributed by atoms with Crippen molar-refractivity contribution in [2.45, 2.75) is 66.6 Å². The molecule has 1 fully saturated rings. The molecule has 0 saturated heterocycles. The Bertz CT molecular complexity index is 288. The summed E-state index contributed by atoms with van der Waals surface area (Å²) in [4.78, 5) is 0. The van der Waals surface area contributed by atoms with Crippen LogP contribution in [0.5, 0.6) is 0 Å². The van der Waals surface area contributed by atoms with E-state index in [0.717, 1.165) is 5.92 Å². The zero-order valence-corrected chi connectivity index (χ0v) is 13.7. The highest BCUT2D eigenvalue weighted by atomic mass is 16.7. The van der Waals surface area contributed by atoms with Crippen LogP contribution in [0.15, 0.2) is 12.2 Å². The Balaban J connectivity index is 2.81. The second kappa shape index (κ2) is 6.90. The van der Waals surface area contributed by atoms with Crippen molar-refractivity contribution < 1.29 is 9.47 Å². The molecular formula is C17H32O2. The van der Waals surface area contributed by atoms with Gasteiger partial charge < -0.3 is 9.47 Å². The second-order valence-electron chi connectivity index (χ2n) is 6.62. The summed E-state index contributed by atoms with van der Waals surface area (Å²) < 4.78 is 11.5. The standard InChI is InChI=1S/C17H32O2/c1-7-18-17(6,19-8-2)13-11-15-14(3)10-9-12-16(15,4)5/h11,13-15H,7-10,12H2,1-6H3/b13-11+/t14-,15-/m1/s1. The van der Waals surface area contributed by atoms with E-state index in [4.69, 9.17) is 9.47 Å². The molecule has 1 aliphatic carbocycles. The molecule has 2 nitrogen and oxygen atoms in total. The van der Waals surface area contributed by atoms with Gasteiger partial charge in [0.15, 0.2) is 5.79 Å². The monoisotopic (exact) mass is 268 g/mol. The van der Waals surface area contributed by atoms with Gasteiger partial charge in [-0.25, -0.2) is 0 Å². The van der Waals surface area contributed by atoms with Crippen LogP contribution in [0.4, 0.5) is 0 Å². The minimum atomic E-state index is -0.573. The number of ether oxygens (including phenoxy) is 2. The molecule has 1 rings (SSSR count). The molecule has 0 aromatic heterocycles. The van der Waals surface area contributed by atoms with Gasteiger partial charge in [0.05, 0.1) is 0 Å². The predicted octanol–water partition coefficient (Wildman–Crippen LogP) is 4.79. The lowest BCUT2D eigenvalue weighted by molar-refractivity contribution is -0.186. The molecule has 0 bridgehead atoms. The van der Waals surface area contributed by atoms with Gasteiger partial charge in [0.1, 0.15) is 0 Å². The third-order valence-electron chi connectivity index (χ3n) is 4.46. The zero-order chi connectivity index (χ0) is 14.5. The first-order chi connectivity index (χ1) is 8.84. The quantitative estimate of drug-likeness (QED) is 0.509. The average Bonchev–Trinajstić information content (AvgIpc) is 2.28. The fourth-order valence-electron chi connectivity index (χ4n) is 3.44. The van der Waals surface area contributed by atoms with Gasteiger partial charge in [-0.3, -0.25) is 0 Å². The Hall–Kier alpha value is -0.340. The maximum absolute atomic E-state index is 5.76. The Morgan fingerprint density at radius 3 is 2.26 bits per heavy atom. The lowest BCUT2D eigenvalue weighted by atomic mass is 9.64. The van der Waals surface area contributed by atoms with E-state index in [1.54, 1.807) is 0 Å². The Kier molecular flexibility index (Phi) is 6.07. The topological polar surface area (TPSA) is 18.5 Å². The van der Waals surface area contributed by atoms with Gasteiger partial charge >= 0.3 is 0 Å². The summed E-state index contributed by atoms with van der Waals surface area (Å²) in [5, 5.41) is 0. The molecule has 0 N–H and O–H groups in total. The molecule has 0 aliphatic heterocycles. The van der Waals surface area contributed by atoms with Crippen LogP contribution in [0.3, 0.4) is 0 Å². The highest BCUT2D eigenvalue weighted by Crippen LogP contribution is 2.44. The minimum Gasteiger partial charge on any atom is -0.347 e. The van der Waals surface area contributed by atoms with Crippen molar-refractivity contribution in [3.63, 3.8) is 0 Å². The van der Waals surface area contributed by atoms with Gasteiger partial charge in [-0.1, -0.05) is 39.7 Å². The smallest absolute Gasteiger partial charge is 0.184 e. The molecule has 0 aromatic rings. The maximum atomic E-state index is 5.76. The Morgan fingerprint density at radius 1 is 1.21 bits per heavy atom. The molecule has 0 heterocycles. The highest BCUT2D eigenvalue weighted by molar-refractivity contribution is 5.04. The van der Waals surface area contributed by atoms with Crippen molar-refractivity contribution in [1.82, 2.24) is 0 Å². The third kappa shape index (κ3) is 4.61. The lowest BCUT2D eigenvalue weighted by Crippen LogP contribution is -2.34. The summed E-state index contributed by atoms with van der Waals surface area (Å²) >= 11 is 0. The van der Waals surface area contributed by atoms with E-state index in [1.807, 2.05) is 20.8 Å². The van der Waals surface area contributed by atoms with Crippen molar-refractivity contribution in [3.05, 3.63) is 12.2 Å². The summed E-state index contributed by atoms with van der Waals surface area (Å²) in [7, 11) is 0. The van der Waals surface area contributed by atoms with Crippen LogP contribution in [0, 0.1) is 17.3 Å². The highest BCUT2D eigenvalue weighted by Gasteiger charge is 2.35. The van der Waals surface area contributed by atoms with E-state index in [2.05, 4.69) is 32.9 Å². The summed E-state index contributed by atoms with van der Waals surface area (Å²) in [6, 6.07) is 0. The molecule has 0 spiro atoms. The lowest BCUT2D eigenvalue weighted by Gasteiger charge is -2.42. The van der Waals surface area contributed by atoms with Crippen molar-refractivity contribution in [2.24, 2.45) is 17.3 Å². The molecule has 0 radical (unpaired) electrons. The van der Waals surface area contributed by atoms with Crippen LogP contribution in [-0.4, -0.2) is 19.0 Å². The number of allylic oxidation sites excluding steroid dienone is 1. The molecule has 112 valence electrons. The van der Waals surface area contributed by atoms with Gasteiger partial charge in [-0.15, -0.1) is 0 Å². The van der Waals surface area contributed by atoms with Gasteiger partial charge in [0.2, 0.25) is 0 Å². The Morgan fingerprint density at radius 2 is 1.79 bits per heavy atom. The van der Waals surface area contributed by atoms with Gasteiger partial charge in [0, 0.05) is 13.2 Å². The fourth-order valence-corrected chi connectivity index (χ4v) is 3.44. The van der Waals surface area contributed by atoms with Crippen LogP contribution in [-0.2, 0) is 9.47 Å². The summed E-state index contributed by atoms with van der Waals surface area (Å²) in [5.41, 5.74) is 0.382. The van der Waals surface area contributed by atoms with E-state index in [9.17, 15) is 0 Å². The van der Waals surface area contributed by atoms with Crippen LogP contribution in [0.2, 0.25) is 0 Å². The summed E-state index contributed by atoms with van der Waals surface area (Å²) in [5.74, 6) is 0.783. The molecular weight excluding hydrogens is 236 g/mol. The summed E-state index contributed by atoms with van der Waals surface area (Å²) in [6.45, 7) is 14.5. The maximum Gasteiger partial charge on any atom is 0.184 e. The first kappa shape index (κ1) is 16.7. The van der Waals surface area contributed by atoms with Crippen molar-refractivity contribution in [1.29, 1.82) is 0 Å². The first-order valence-corrected chi connectivity index (χ1v) is 7.82. The van der Waals surface area contributed by atoms with Crippen LogP contribution < -0.4 is 0 Å². The van der Waals surface area contributed by atoms with Crippen LogP contribution in [0.1, 0.15) is 60.8 Å². The zero-order valence-electron chi connectivity index (χ0n) is 13.7. The van der Waals surface area contributed by atoms with Crippen LogP contribution in [0.25, 0.3) is 0 Å². The van der Waals surface area contributed by atoms with Gasteiger partial charge in [0.25, 0.3) is 0 Å². The van der Waals surface area contributed by atoms with E-state index in [-0.39, 0.29) is 0 Å². The van der Waals surface area contributed by atoms with E-state index < -0.39 is 5.79 Å². The SMILES string of the molecule is CCOC(C)(/C=C/[C@@H]1[C@H](C)CCCC1(C)C)OCC. The summed E-state index contributed by atoms with van der Waals surface area (Å²) in [6.07, 6.45) is 8.47. The van der Waals surface area contributed by atoms with E-state index in [0.29, 0.717) is 24.5 Å². The van der Waals surface area contributed by atoms with E-state index >= 15 is 0 Å². The van der Waals surface area contributed by atoms with E-state index in [1.165, 1.54) is 19.3 Å². The largest absolute Gasteiger partial charge is 0.347 e. The number of hydrogen-bond donors (Lipinski definition) is 0. The minimum absolute atomic E-state index is 0.382. The first-order valence-electron chi connectivity index (χ1n) is 7.82. The molecule has 2 atom stereocenters. The van der Waals surface area contributed by atoms with Gasteiger partial charge in [-0.05, 0) is 50.5 Å². The van der Waals surface area contributed by atoms with Crippen LogP contribution >= 0.6 is 0 Å². The second-order valence-corrected chi connectivity index (χ2v) is 6.62. The molecule has 1 saturated carbocycles. The molecule has 0 amide bonds. The average molecular weight is 268 g/mol. The number of hydrogen-bond acceptors (Lipinski definition) is 2. The van der Waals surface area contributed by atoms with Crippen molar-refractivity contribution >= 4 is 0 Å². The van der Waals surface area contributed by atoms with Crippen molar-refractivity contribution in [3.8, 4) is 0 Å². The molecule has 0 aromatic carbocycles. The van der Waals surface area contributed by atoms with Gasteiger partial charge in [-0.2, -0.15) is 0 Å². The molecule has 1 aliphatic rings. The molecule has 0 unspecified atom stereocenters. The fraction of sp³-hybridized carbons (Fsp3) is 0.882. The molecule has 19 heavy (non-hydrogen) atoms. The number of rotatable bonds is 6. The van der Waals surface area contributed by atoms with Crippen molar-refractivity contribution in [2.75, 3.05) is 13.2 Å². The molecule has 2 heteroatoms.